The molecule has 0 aliphatic carbocycles. The van der Waals surface area contributed by atoms with Crippen LogP contribution in [0.3, 0.4) is 0 Å². The van der Waals surface area contributed by atoms with Crippen LogP contribution in [0.2, 0.25) is 0 Å². The maximum absolute atomic E-state index is 12.7. The summed E-state index contributed by atoms with van der Waals surface area (Å²) in [5.74, 6) is 2.20. The highest BCUT2D eigenvalue weighted by Gasteiger charge is 2.31. The van der Waals surface area contributed by atoms with Gasteiger partial charge >= 0.3 is 0 Å². The third-order valence-electron chi connectivity index (χ3n) is 4.54. The van der Waals surface area contributed by atoms with E-state index in [-0.39, 0.29) is 18.6 Å². The average Bonchev–Trinajstić information content (AvgIpc) is 3.26. The highest BCUT2D eigenvalue weighted by atomic mass is 16.5. The van der Waals surface area contributed by atoms with Crippen molar-refractivity contribution in [1.82, 2.24) is 15.0 Å². The Kier molecular flexibility index (Phi) is 5.33. The number of hydrogen-bond acceptors (Lipinski definition) is 6. The van der Waals surface area contributed by atoms with Crippen LogP contribution in [0.1, 0.15) is 42.3 Å². The van der Waals surface area contributed by atoms with Crippen LogP contribution >= 0.6 is 0 Å². The molecule has 2 heterocycles. The predicted octanol–water partition coefficient (Wildman–Crippen LogP) is 2.02. The Morgan fingerprint density at radius 1 is 1.40 bits per heavy atom. The number of ether oxygens (including phenoxy) is 1. The maximum Gasteiger partial charge on any atom is 0.254 e. The largest absolute Gasteiger partial charge is 0.485 e. The van der Waals surface area contributed by atoms with Crippen LogP contribution < -0.4 is 10.5 Å². The number of aryl methyl sites for hydroxylation is 1. The van der Waals surface area contributed by atoms with Gasteiger partial charge in [-0.3, -0.25) is 4.79 Å². The first kappa shape index (κ1) is 17.4. The first-order chi connectivity index (χ1) is 12.1. The van der Waals surface area contributed by atoms with Crippen molar-refractivity contribution in [3.05, 3.63) is 41.5 Å². The molecule has 1 fully saturated rings. The fourth-order valence-corrected chi connectivity index (χ4v) is 3.10. The number of carbonyl (C=O) groups is 1. The first-order valence-corrected chi connectivity index (χ1v) is 8.66. The van der Waals surface area contributed by atoms with Gasteiger partial charge in [-0.15, -0.1) is 0 Å². The number of hydrogen-bond donors (Lipinski definition) is 1. The molecule has 25 heavy (non-hydrogen) atoms. The Bertz CT molecular complexity index is 713. The van der Waals surface area contributed by atoms with Gasteiger partial charge in [-0.25, -0.2) is 0 Å². The number of aromatic nitrogens is 2. The van der Waals surface area contributed by atoms with E-state index in [9.17, 15) is 4.79 Å². The molecule has 134 valence electrons. The molecular weight excluding hydrogens is 320 g/mol. The Balaban J connectivity index is 1.59. The Morgan fingerprint density at radius 3 is 2.76 bits per heavy atom. The van der Waals surface area contributed by atoms with E-state index >= 15 is 0 Å². The monoisotopic (exact) mass is 344 g/mol. The zero-order valence-corrected chi connectivity index (χ0v) is 14.6. The molecule has 2 atom stereocenters. The summed E-state index contributed by atoms with van der Waals surface area (Å²) in [6.45, 7) is 5.60. The normalized spacial score (nSPS) is 20.0. The summed E-state index contributed by atoms with van der Waals surface area (Å²) in [4.78, 5) is 18.8. The van der Waals surface area contributed by atoms with Crippen molar-refractivity contribution in [1.29, 1.82) is 0 Å². The van der Waals surface area contributed by atoms with E-state index in [1.807, 2.05) is 11.8 Å². The zero-order valence-electron chi connectivity index (χ0n) is 14.6. The summed E-state index contributed by atoms with van der Waals surface area (Å²) in [5.41, 5.74) is 6.39. The lowest BCUT2D eigenvalue weighted by molar-refractivity contribution is 0.0743. The second kappa shape index (κ2) is 7.65. The second-order valence-corrected chi connectivity index (χ2v) is 6.41. The molecule has 3 rings (SSSR count). The summed E-state index contributed by atoms with van der Waals surface area (Å²) in [7, 11) is 0. The van der Waals surface area contributed by atoms with Crippen molar-refractivity contribution in [2.75, 3.05) is 13.1 Å². The molecule has 2 unspecified atom stereocenters. The van der Waals surface area contributed by atoms with Gasteiger partial charge in [0, 0.05) is 24.6 Å². The van der Waals surface area contributed by atoms with Gasteiger partial charge < -0.3 is 19.9 Å². The van der Waals surface area contributed by atoms with Gasteiger partial charge in [-0.2, -0.15) is 4.98 Å². The fraction of sp³-hybridized carbons (Fsp3) is 0.500. The number of rotatable bonds is 6. The van der Waals surface area contributed by atoms with Crippen LogP contribution in [-0.2, 0) is 13.0 Å². The molecule has 1 aliphatic rings. The van der Waals surface area contributed by atoms with Crippen molar-refractivity contribution in [3.8, 4) is 5.75 Å². The van der Waals surface area contributed by atoms with Gasteiger partial charge in [0.25, 0.3) is 5.91 Å². The van der Waals surface area contributed by atoms with E-state index in [4.69, 9.17) is 15.0 Å². The van der Waals surface area contributed by atoms with Crippen LogP contribution in [0, 0.1) is 5.92 Å². The topological polar surface area (TPSA) is 94.5 Å². The summed E-state index contributed by atoms with van der Waals surface area (Å²) in [6, 6.07) is 7.37. The Morgan fingerprint density at radius 2 is 2.16 bits per heavy atom. The quantitative estimate of drug-likeness (QED) is 0.861. The number of carbonyl (C=O) groups excluding carboxylic acids is 1. The molecule has 0 spiro atoms. The van der Waals surface area contributed by atoms with Crippen molar-refractivity contribution in [3.63, 3.8) is 0 Å². The summed E-state index contributed by atoms with van der Waals surface area (Å²) < 4.78 is 10.7. The van der Waals surface area contributed by atoms with Crippen LogP contribution in [0.15, 0.2) is 28.8 Å². The van der Waals surface area contributed by atoms with Crippen molar-refractivity contribution in [2.24, 2.45) is 11.7 Å². The van der Waals surface area contributed by atoms with E-state index in [1.54, 1.807) is 24.3 Å². The molecule has 0 radical (unpaired) electrons. The highest BCUT2D eigenvalue weighted by Crippen LogP contribution is 2.25. The standard InChI is InChI=1S/C18H24N4O3/c1-3-17-20-16(21-25-17)11-24-15-6-4-14(5-7-15)18(23)22-10-13(9-19)8-12(22)2/h4-7,12-13H,3,8-11,19H2,1-2H3. The Labute approximate surface area is 147 Å². The molecule has 2 aromatic rings. The van der Waals surface area contributed by atoms with Gasteiger partial charge in [-0.1, -0.05) is 12.1 Å². The summed E-state index contributed by atoms with van der Waals surface area (Å²) in [5, 5.41) is 3.84. The average molecular weight is 344 g/mol. The Hall–Kier alpha value is -2.41. The van der Waals surface area contributed by atoms with Crippen LogP contribution in [-0.4, -0.2) is 40.1 Å². The second-order valence-electron chi connectivity index (χ2n) is 6.41. The van der Waals surface area contributed by atoms with Crippen LogP contribution in [0.5, 0.6) is 5.75 Å². The molecular formula is C18H24N4O3. The van der Waals surface area contributed by atoms with E-state index in [1.165, 1.54) is 0 Å². The highest BCUT2D eigenvalue weighted by molar-refractivity contribution is 5.94. The molecule has 1 aromatic carbocycles. The van der Waals surface area contributed by atoms with Crippen molar-refractivity contribution in [2.45, 2.75) is 39.3 Å². The number of nitrogens with zero attached hydrogens (tertiary/aromatic N) is 3. The van der Waals surface area contributed by atoms with E-state index < -0.39 is 0 Å². The van der Waals surface area contributed by atoms with Gasteiger partial charge in [0.05, 0.1) is 0 Å². The number of nitrogens with two attached hydrogens (primary N) is 1. The van der Waals surface area contributed by atoms with Gasteiger partial charge in [0.1, 0.15) is 5.75 Å². The molecule has 7 heteroatoms. The third kappa shape index (κ3) is 3.99. The minimum atomic E-state index is 0.0424. The van der Waals surface area contributed by atoms with Crippen molar-refractivity contribution < 1.29 is 14.1 Å². The third-order valence-corrected chi connectivity index (χ3v) is 4.54. The molecule has 0 bridgehead atoms. The SMILES string of the molecule is CCc1nc(COc2ccc(C(=O)N3CC(CN)CC3C)cc2)no1. The minimum Gasteiger partial charge on any atom is -0.485 e. The number of benzene rings is 1. The van der Waals surface area contributed by atoms with E-state index in [0.29, 0.717) is 41.9 Å². The van der Waals surface area contributed by atoms with E-state index in [0.717, 1.165) is 13.0 Å². The van der Waals surface area contributed by atoms with Gasteiger partial charge in [0.15, 0.2) is 6.61 Å². The van der Waals surface area contributed by atoms with Gasteiger partial charge in [-0.05, 0) is 50.1 Å². The molecule has 1 amide bonds. The maximum atomic E-state index is 12.7. The molecule has 0 saturated carbocycles. The lowest BCUT2D eigenvalue weighted by atomic mass is 10.1. The molecule has 1 aliphatic heterocycles. The first-order valence-electron chi connectivity index (χ1n) is 8.66. The lowest BCUT2D eigenvalue weighted by Crippen LogP contribution is -2.34. The predicted molar refractivity (Wildman–Crippen MR) is 92.1 cm³/mol. The van der Waals surface area contributed by atoms with E-state index in [2.05, 4.69) is 17.1 Å². The number of amides is 1. The molecule has 2 N–H and O–H groups in total. The zero-order chi connectivity index (χ0) is 17.8. The smallest absolute Gasteiger partial charge is 0.254 e. The molecule has 1 aromatic heterocycles. The summed E-state index contributed by atoms with van der Waals surface area (Å²) in [6.07, 6.45) is 1.66. The fourth-order valence-electron chi connectivity index (χ4n) is 3.10. The summed E-state index contributed by atoms with van der Waals surface area (Å²) >= 11 is 0. The molecule has 1 saturated heterocycles. The van der Waals surface area contributed by atoms with Crippen molar-refractivity contribution >= 4 is 5.91 Å². The van der Waals surface area contributed by atoms with Gasteiger partial charge in [0.2, 0.25) is 11.7 Å². The molecule has 7 nitrogen and oxygen atoms in total. The number of likely N-dealkylation sites (tertiary alicyclic amines) is 1. The lowest BCUT2D eigenvalue weighted by Gasteiger charge is -2.21. The van der Waals surface area contributed by atoms with Crippen LogP contribution in [0.25, 0.3) is 0 Å². The minimum absolute atomic E-state index is 0.0424. The van der Waals surface area contributed by atoms with Crippen LogP contribution in [0.4, 0.5) is 0 Å².